The third kappa shape index (κ3) is 2.49. The average molecular weight is 266 g/mol. The molecule has 1 amide bonds. The number of amides is 1. The third-order valence-electron chi connectivity index (χ3n) is 2.50. The first-order valence-electron chi connectivity index (χ1n) is 5.16. The summed E-state index contributed by atoms with van der Waals surface area (Å²) in [6.45, 7) is 0.00392. The van der Waals surface area contributed by atoms with Gasteiger partial charge in [0.15, 0.2) is 11.6 Å². The molecule has 2 aromatic rings. The lowest BCUT2D eigenvalue weighted by Gasteiger charge is -2.08. The monoisotopic (exact) mass is 266 g/mol. The molecule has 0 aliphatic rings. The number of primary amides is 1. The normalized spacial score (nSPS) is 10.4. The Morgan fingerprint density at radius 1 is 1.32 bits per heavy atom. The summed E-state index contributed by atoms with van der Waals surface area (Å²) in [7, 11) is 0. The second-order valence-corrected chi connectivity index (χ2v) is 3.72. The molecule has 0 aliphatic carbocycles. The minimum Gasteiger partial charge on any atom is -0.463 e. The molecule has 98 valence electrons. The molecule has 0 fully saturated rings. The molecule has 0 aliphatic heterocycles. The predicted octanol–water partition coefficient (Wildman–Crippen LogP) is 1.28. The molecule has 0 bridgehead atoms. The number of nitrogens with zero attached hydrogens (tertiary/aromatic N) is 1. The van der Waals surface area contributed by atoms with Crippen LogP contribution in [0.3, 0.4) is 0 Å². The third-order valence-corrected chi connectivity index (χ3v) is 2.50. The lowest BCUT2D eigenvalue weighted by Crippen LogP contribution is -2.14. The van der Waals surface area contributed by atoms with E-state index in [1.54, 1.807) is 0 Å². The molecular weight excluding hydrogens is 258 g/mol. The van der Waals surface area contributed by atoms with Crippen molar-refractivity contribution in [3.63, 3.8) is 0 Å². The van der Waals surface area contributed by atoms with Crippen LogP contribution in [0.1, 0.15) is 16.1 Å². The highest BCUT2D eigenvalue weighted by atomic mass is 19.2. The largest absolute Gasteiger partial charge is 0.463 e. The minimum atomic E-state index is -1.09. The minimum absolute atomic E-state index is 0.0553. The van der Waals surface area contributed by atoms with E-state index in [0.29, 0.717) is 5.56 Å². The summed E-state index contributed by atoms with van der Waals surface area (Å²) in [4.78, 5) is 25.1. The molecule has 2 N–H and O–H groups in total. The van der Waals surface area contributed by atoms with Gasteiger partial charge in [0.05, 0.1) is 5.52 Å². The maximum atomic E-state index is 13.2. The van der Waals surface area contributed by atoms with Crippen LogP contribution in [0.4, 0.5) is 8.78 Å². The topological polar surface area (TPSA) is 82.3 Å². The summed E-state index contributed by atoms with van der Waals surface area (Å²) in [5, 5.41) is 0.241. The molecule has 7 heteroatoms. The maximum Gasteiger partial charge on any atom is 0.293 e. The zero-order valence-electron chi connectivity index (χ0n) is 9.52. The molecular formula is C12H8F2N2O3. The molecule has 0 unspecified atom stereocenters. The van der Waals surface area contributed by atoms with Crippen LogP contribution in [0.5, 0.6) is 0 Å². The van der Waals surface area contributed by atoms with Gasteiger partial charge in [-0.2, -0.15) is 0 Å². The Morgan fingerprint density at radius 3 is 2.63 bits per heavy atom. The van der Waals surface area contributed by atoms with Crippen molar-refractivity contribution in [1.29, 1.82) is 0 Å². The molecule has 0 spiro atoms. The van der Waals surface area contributed by atoms with Gasteiger partial charge in [-0.25, -0.2) is 13.8 Å². The van der Waals surface area contributed by atoms with E-state index in [1.807, 2.05) is 0 Å². The average Bonchev–Trinajstić information content (AvgIpc) is 2.37. The number of carbonyl (C=O) groups is 2. The summed E-state index contributed by atoms with van der Waals surface area (Å²) in [5.41, 5.74) is 5.33. The van der Waals surface area contributed by atoms with Crippen LogP contribution in [0.15, 0.2) is 18.2 Å². The molecule has 19 heavy (non-hydrogen) atoms. The van der Waals surface area contributed by atoms with Crippen molar-refractivity contribution in [3.8, 4) is 0 Å². The predicted molar refractivity (Wildman–Crippen MR) is 61.0 cm³/mol. The Kier molecular flexibility index (Phi) is 3.37. The summed E-state index contributed by atoms with van der Waals surface area (Å²) in [6.07, 6.45) is 0. The zero-order chi connectivity index (χ0) is 14.0. The molecule has 1 aromatic heterocycles. The second-order valence-electron chi connectivity index (χ2n) is 3.72. The highest BCUT2D eigenvalue weighted by Gasteiger charge is 2.13. The van der Waals surface area contributed by atoms with Crippen LogP contribution in [0.25, 0.3) is 10.9 Å². The number of ether oxygens (including phenoxy) is 1. The lowest BCUT2D eigenvalue weighted by atomic mass is 10.1. The highest BCUT2D eigenvalue weighted by Crippen LogP contribution is 2.22. The lowest BCUT2D eigenvalue weighted by molar-refractivity contribution is -0.129. The van der Waals surface area contributed by atoms with Gasteiger partial charge in [-0.05, 0) is 12.1 Å². The molecule has 2 rings (SSSR count). The number of nitrogens with two attached hydrogens (primary N) is 1. The first kappa shape index (κ1) is 12.9. The molecule has 5 nitrogen and oxygen atoms in total. The SMILES string of the molecule is NC(=O)c1cc(COC=O)c2cc(F)c(F)cc2n1. The number of benzene rings is 1. The fraction of sp³-hybridized carbons (Fsp3) is 0.0833. The van der Waals surface area contributed by atoms with Crippen LogP contribution in [-0.4, -0.2) is 17.4 Å². The van der Waals surface area contributed by atoms with Gasteiger partial charge in [0.25, 0.3) is 12.4 Å². The van der Waals surface area contributed by atoms with Crippen molar-refractivity contribution in [1.82, 2.24) is 4.98 Å². The summed E-state index contributed by atoms with van der Waals surface area (Å²) < 4.78 is 30.9. The quantitative estimate of drug-likeness (QED) is 0.845. The number of rotatable bonds is 4. The van der Waals surface area contributed by atoms with Crippen LogP contribution < -0.4 is 5.73 Å². The van der Waals surface area contributed by atoms with Crippen molar-refractivity contribution >= 4 is 23.3 Å². The number of pyridine rings is 1. The van der Waals surface area contributed by atoms with E-state index in [1.165, 1.54) is 6.07 Å². The Morgan fingerprint density at radius 2 is 2.00 bits per heavy atom. The van der Waals surface area contributed by atoms with Gasteiger partial charge in [0.2, 0.25) is 0 Å². The van der Waals surface area contributed by atoms with Gasteiger partial charge in [0.1, 0.15) is 12.3 Å². The van der Waals surface area contributed by atoms with Gasteiger partial charge in [0, 0.05) is 17.0 Å². The first-order chi connectivity index (χ1) is 9.02. The van der Waals surface area contributed by atoms with Crippen LogP contribution >= 0.6 is 0 Å². The fourth-order valence-electron chi connectivity index (χ4n) is 1.66. The van der Waals surface area contributed by atoms with Crippen molar-refractivity contribution in [3.05, 3.63) is 41.1 Å². The standard InChI is InChI=1S/C12H8F2N2O3/c13-8-2-7-6(4-19-5-17)1-11(12(15)18)16-10(7)3-9(8)14/h1-3,5H,4H2,(H2,15,18). The van der Waals surface area contributed by atoms with E-state index >= 15 is 0 Å². The Labute approximate surface area is 106 Å². The Hall–Kier alpha value is -2.57. The van der Waals surface area contributed by atoms with E-state index < -0.39 is 17.5 Å². The van der Waals surface area contributed by atoms with Gasteiger partial charge >= 0.3 is 0 Å². The van der Waals surface area contributed by atoms with Crippen LogP contribution in [0, 0.1) is 11.6 Å². The number of aromatic nitrogens is 1. The van der Waals surface area contributed by atoms with Gasteiger partial charge in [-0.3, -0.25) is 9.59 Å². The van der Waals surface area contributed by atoms with Crippen molar-refractivity contribution in [2.75, 3.05) is 0 Å². The Balaban J connectivity index is 2.70. The smallest absolute Gasteiger partial charge is 0.293 e. The van der Waals surface area contributed by atoms with Gasteiger partial charge < -0.3 is 10.5 Å². The molecule has 1 aromatic carbocycles. The second kappa shape index (κ2) is 4.97. The molecule has 0 radical (unpaired) electrons. The van der Waals surface area contributed by atoms with E-state index in [4.69, 9.17) is 5.73 Å². The van der Waals surface area contributed by atoms with Gasteiger partial charge in [-0.15, -0.1) is 0 Å². The van der Waals surface area contributed by atoms with Crippen molar-refractivity contribution < 1.29 is 23.1 Å². The van der Waals surface area contributed by atoms with E-state index in [9.17, 15) is 18.4 Å². The summed E-state index contributed by atoms with van der Waals surface area (Å²) in [6, 6.07) is 3.04. The molecule has 0 saturated carbocycles. The zero-order valence-corrected chi connectivity index (χ0v) is 9.52. The van der Waals surface area contributed by atoms with Gasteiger partial charge in [-0.1, -0.05) is 0 Å². The molecule has 0 saturated heterocycles. The fourth-order valence-corrected chi connectivity index (χ4v) is 1.66. The summed E-state index contributed by atoms with van der Waals surface area (Å²) >= 11 is 0. The summed E-state index contributed by atoms with van der Waals surface area (Å²) in [5.74, 6) is -2.98. The number of carbonyl (C=O) groups excluding carboxylic acids is 2. The Bertz CT molecular complexity index is 674. The number of halogens is 2. The highest BCUT2D eigenvalue weighted by molar-refractivity contribution is 5.94. The van der Waals surface area contributed by atoms with Crippen LogP contribution in [0.2, 0.25) is 0 Å². The van der Waals surface area contributed by atoms with E-state index in [0.717, 1.165) is 12.1 Å². The molecule has 1 heterocycles. The number of fused-ring (bicyclic) bond motifs is 1. The first-order valence-corrected chi connectivity index (χ1v) is 5.16. The van der Waals surface area contributed by atoms with Crippen LogP contribution in [-0.2, 0) is 16.1 Å². The number of hydrogen-bond acceptors (Lipinski definition) is 4. The van der Waals surface area contributed by atoms with Crippen molar-refractivity contribution in [2.24, 2.45) is 5.73 Å². The molecule has 0 atom stereocenters. The maximum absolute atomic E-state index is 13.2. The van der Waals surface area contributed by atoms with E-state index in [-0.39, 0.29) is 29.7 Å². The van der Waals surface area contributed by atoms with Crippen molar-refractivity contribution in [2.45, 2.75) is 6.61 Å². The number of hydrogen-bond donors (Lipinski definition) is 1. The van der Waals surface area contributed by atoms with E-state index in [2.05, 4.69) is 9.72 Å².